The molecule has 3 aromatic heterocycles. The van der Waals surface area contributed by atoms with Crippen molar-refractivity contribution in [1.29, 1.82) is 0 Å². The first-order valence-corrected chi connectivity index (χ1v) is 15.1. The molecule has 1 atom stereocenters. The number of ether oxygens (including phenoxy) is 2. The molecule has 0 bridgehead atoms. The summed E-state index contributed by atoms with van der Waals surface area (Å²) in [5, 5.41) is 17.4. The minimum atomic E-state index is -2.80. The van der Waals surface area contributed by atoms with Crippen LogP contribution in [0.5, 0.6) is 5.88 Å². The number of alkyl halides is 2. The zero-order valence-corrected chi connectivity index (χ0v) is 25.9. The van der Waals surface area contributed by atoms with Gasteiger partial charge in [-0.05, 0) is 60.8 Å². The van der Waals surface area contributed by atoms with E-state index in [4.69, 9.17) is 9.47 Å². The molecular weight excluding hydrogens is 611 g/mol. The van der Waals surface area contributed by atoms with Gasteiger partial charge in [0.2, 0.25) is 11.7 Å². The van der Waals surface area contributed by atoms with Crippen LogP contribution in [0.25, 0.3) is 5.65 Å². The predicted octanol–water partition coefficient (Wildman–Crippen LogP) is 6.05. The Bertz CT molecular complexity index is 1680. The Morgan fingerprint density at radius 2 is 1.96 bits per heavy atom. The fourth-order valence-electron chi connectivity index (χ4n) is 5.93. The highest BCUT2D eigenvalue weighted by Gasteiger charge is 2.37. The van der Waals surface area contributed by atoms with E-state index in [2.05, 4.69) is 20.1 Å². The first kappa shape index (κ1) is 32.7. The molecule has 1 aliphatic heterocycles. The zero-order chi connectivity index (χ0) is 32.3. The van der Waals surface area contributed by atoms with Gasteiger partial charge in [0.1, 0.15) is 16.3 Å². The molecule has 0 radical (unpaired) electrons. The van der Waals surface area contributed by atoms with Crippen LogP contribution in [0.3, 0.4) is 0 Å². The Hall–Kier alpha value is -3.72. The van der Waals surface area contributed by atoms with E-state index in [1.807, 2.05) is 32.2 Å². The maximum atomic E-state index is 13.7. The Labute approximate surface area is 262 Å². The normalized spacial score (nSPS) is 15.6. The summed E-state index contributed by atoms with van der Waals surface area (Å²) in [5.41, 5.74) is 3.54. The van der Waals surface area contributed by atoms with Crippen molar-refractivity contribution >= 4 is 23.7 Å². The summed E-state index contributed by atoms with van der Waals surface area (Å²) < 4.78 is 63.5. The number of likely N-dealkylation sites (N-methyl/N-ethyl adjacent to an activating group) is 1. The Balaban J connectivity index is 1.42. The lowest BCUT2D eigenvalue weighted by molar-refractivity contribution is -0.137. The molecular formula is C31H34F3N5O5S. The van der Waals surface area contributed by atoms with Crippen molar-refractivity contribution in [2.75, 3.05) is 26.8 Å². The van der Waals surface area contributed by atoms with E-state index in [1.165, 1.54) is 16.7 Å². The second-order valence-corrected chi connectivity index (χ2v) is 12.0. The van der Waals surface area contributed by atoms with E-state index in [1.54, 1.807) is 13.0 Å². The molecule has 240 valence electrons. The molecule has 1 fully saturated rings. The maximum absolute atomic E-state index is 13.7. The summed E-state index contributed by atoms with van der Waals surface area (Å²) in [4.78, 5) is 18.4. The lowest BCUT2D eigenvalue weighted by Gasteiger charge is -2.40. The van der Waals surface area contributed by atoms with Crippen LogP contribution in [0.4, 0.5) is 13.2 Å². The minimum absolute atomic E-state index is 0.148. The maximum Gasteiger partial charge on any atom is 0.304 e. The van der Waals surface area contributed by atoms with Gasteiger partial charge in [-0.25, -0.2) is 18.2 Å². The number of nitrogens with zero attached hydrogens (tertiary/aromatic N) is 5. The van der Waals surface area contributed by atoms with Crippen LogP contribution in [0.2, 0.25) is 0 Å². The van der Waals surface area contributed by atoms with E-state index in [-0.39, 0.29) is 22.8 Å². The third-order valence-corrected chi connectivity index (χ3v) is 8.71. The van der Waals surface area contributed by atoms with Crippen molar-refractivity contribution in [3.63, 3.8) is 0 Å². The van der Waals surface area contributed by atoms with Crippen LogP contribution in [0, 0.1) is 19.7 Å². The first-order chi connectivity index (χ1) is 21.5. The molecule has 45 heavy (non-hydrogen) atoms. The number of rotatable bonds is 12. The molecule has 10 nitrogen and oxygen atoms in total. The summed E-state index contributed by atoms with van der Waals surface area (Å²) in [7, 11) is 1.95. The lowest BCUT2D eigenvalue weighted by atomic mass is 9.85. The van der Waals surface area contributed by atoms with E-state index >= 15 is 0 Å². The van der Waals surface area contributed by atoms with Crippen LogP contribution in [0.15, 0.2) is 47.6 Å². The average Bonchev–Trinajstić information content (AvgIpc) is 3.44. The number of aliphatic carboxylic acids is 1. The van der Waals surface area contributed by atoms with Crippen LogP contribution in [0.1, 0.15) is 65.2 Å². The molecule has 4 aromatic rings. The lowest BCUT2D eigenvalue weighted by Crippen LogP contribution is -2.50. The van der Waals surface area contributed by atoms with Crippen LogP contribution < -0.4 is 4.74 Å². The number of carbonyl (C=O) groups is 1. The quantitative estimate of drug-likeness (QED) is 0.176. The van der Waals surface area contributed by atoms with Gasteiger partial charge in [-0.3, -0.25) is 14.1 Å². The van der Waals surface area contributed by atoms with E-state index < -0.39 is 35.6 Å². The number of fused-ring (bicyclic) bond motifs is 1. The van der Waals surface area contributed by atoms with Crippen molar-refractivity contribution in [2.24, 2.45) is 0 Å². The SMILES string of the molecule is Cc1ccc([C@@H](CC(=O)O)c2ccn3c(C(F)F)nnc3c2C)cc1CN(C)CC1(Oc2ncc(F)cc2SO)CCOCC1. The van der Waals surface area contributed by atoms with Crippen LogP contribution >= 0.6 is 12.0 Å². The standard InChI is InChI=1S/C31H34F3N5O5S/c1-18-4-5-20(24(14-26(40)41)23-6-9-39-28(19(23)2)36-37-29(39)27(33)34)12-21(18)16-38(3)17-31(7-10-43-11-8-31)44-30-25(45-42)13-22(32)15-35-30/h4-6,9,12-13,15,24,27,42H,7-8,10-11,14,16-17H2,1-3H3,(H,40,41)/t24-/m1/s1. The van der Waals surface area contributed by atoms with E-state index in [0.29, 0.717) is 62.3 Å². The first-order valence-electron chi connectivity index (χ1n) is 14.4. The number of benzene rings is 1. The number of aryl methyl sites for hydroxylation is 2. The third-order valence-electron chi connectivity index (χ3n) is 8.22. The Kier molecular flexibility index (Phi) is 9.97. The number of pyridine rings is 2. The molecule has 14 heteroatoms. The molecule has 0 aliphatic carbocycles. The summed E-state index contributed by atoms with van der Waals surface area (Å²) in [6.45, 7) is 5.63. The predicted molar refractivity (Wildman–Crippen MR) is 160 cm³/mol. The van der Waals surface area contributed by atoms with E-state index in [9.17, 15) is 27.6 Å². The average molecular weight is 646 g/mol. The van der Waals surface area contributed by atoms with Gasteiger partial charge in [0.25, 0.3) is 6.43 Å². The van der Waals surface area contributed by atoms with Gasteiger partial charge >= 0.3 is 5.97 Å². The van der Waals surface area contributed by atoms with Gasteiger partial charge in [-0.1, -0.05) is 18.2 Å². The van der Waals surface area contributed by atoms with Gasteiger partial charge in [0.15, 0.2) is 5.65 Å². The fraction of sp³-hybridized carbons (Fsp3) is 0.419. The molecule has 0 unspecified atom stereocenters. The zero-order valence-electron chi connectivity index (χ0n) is 25.0. The van der Waals surface area contributed by atoms with Crippen molar-refractivity contribution in [3.05, 3.63) is 82.2 Å². The summed E-state index contributed by atoms with van der Waals surface area (Å²) in [6, 6.07) is 8.65. The second-order valence-electron chi connectivity index (χ2n) is 11.4. The van der Waals surface area contributed by atoms with Gasteiger partial charge < -0.3 is 19.1 Å². The number of hydrogen-bond donors (Lipinski definition) is 2. The minimum Gasteiger partial charge on any atom is -0.481 e. The third kappa shape index (κ3) is 7.24. The second kappa shape index (κ2) is 13.7. The Morgan fingerprint density at radius 3 is 2.64 bits per heavy atom. The molecule has 0 amide bonds. The highest BCUT2D eigenvalue weighted by Crippen LogP contribution is 2.36. The summed E-state index contributed by atoms with van der Waals surface area (Å²) in [6.07, 6.45) is 0.616. The molecule has 4 heterocycles. The molecule has 1 saturated heterocycles. The van der Waals surface area contributed by atoms with Gasteiger partial charge in [0.05, 0.1) is 25.8 Å². The summed E-state index contributed by atoms with van der Waals surface area (Å²) >= 11 is 0.375. The topological polar surface area (TPSA) is 122 Å². The van der Waals surface area contributed by atoms with Crippen molar-refractivity contribution in [2.45, 2.75) is 62.5 Å². The number of hydrogen-bond acceptors (Lipinski definition) is 9. The van der Waals surface area contributed by atoms with Crippen LogP contribution in [-0.2, 0) is 16.1 Å². The van der Waals surface area contributed by atoms with Crippen molar-refractivity contribution in [1.82, 2.24) is 24.5 Å². The van der Waals surface area contributed by atoms with Crippen LogP contribution in [-0.4, -0.2) is 72.5 Å². The number of aromatic nitrogens is 4. The number of halogens is 3. The van der Waals surface area contributed by atoms with Gasteiger partial charge in [-0.2, -0.15) is 0 Å². The van der Waals surface area contributed by atoms with Gasteiger partial charge in [-0.15, -0.1) is 10.2 Å². The summed E-state index contributed by atoms with van der Waals surface area (Å²) in [5.74, 6) is -2.46. The molecule has 0 spiro atoms. The van der Waals surface area contributed by atoms with Gasteiger partial charge in [0, 0.05) is 50.1 Å². The highest BCUT2D eigenvalue weighted by atomic mass is 32.2. The number of carboxylic acids is 1. The molecule has 5 rings (SSSR count). The smallest absolute Gasteiger partial charge is 0.304 e. The molecule has 1 aromatic carbocycles. The largest absolute Gasteiger partial charge is 0.481 e. The van der Waals surface area contributed by atoms with Crippen molar-refractivity contribution in [3.8, 4) is 5.88 Å². The number of carboxylic acid groups (broad SMARTS) is 1. The van der Waals surface area contributed by atoms with Crippen molar-refractivity contribution < 1.29 is 37.1 Å². The molecule has 1 aliphatic rings. The highest BCUT2D eigenvalue weighted by molar-refractivity contribution is 7.93. The fourth-order valence-corrected chi connectivity index (χ4v) is 6.27. The Morgan fingerprint density at radius 1 is 1.20 bits per heavy atom. The van der Waals surface area contributed by atoms with E-state index in [0.717, 1.165) is 22.9 Å². The monoisotopic (exact) mass is 645 g/mol. The molecule has 2 N–H and O–H groups in total. The molecule has 0 saturated carbocycles.